The van der Waals surface area contributed by atoms with E-state index >= 15 is 0 Å². The average Bonchev–Trinajstić information content (AvgIpc) is 3.07. The highest BCUT2D eigenvalue weighted by Gasteiger charge is 2.25. The molecule has 1 aliphatic heterocycles. The van der Waals surface area contributed by atoms with Crippen molar-refractivity contribution < 1.29 is 14.3 Å². The first-order valence-corrected chi connectivity index (χ1v) is 9.21. The van der Waals surface area contributed by atoms with Crippen LogP contribution in [0, 0.1) is 6.92 Å². The molecule has 3 amide bonds. The number of hydrogen-bond acceptors (Lipinski definition) is 6. The van der Waals surface area contributed by atoms with Gasteiger partial charge in [0.2, 0.25) is 11.0 Å². The average molecular weight is 375 g/mol. The molecule has 1 aromatic carbocycles. The van der Waals surface area contributed by atoms with E-state index in [1.807, 2.05) is 37.3 Å². The largest absolute Gasteiger partial charge is 0.378 e. The quantitative estimate of drug-likeness (QED) is 0.824. The summed E-state index contributed by atoms with van der Waals surface area (Å²) in [6.07, 6.45) is 0.389. The summed E-state index contributed by atoms with van der Waals surface area (Å²) in [5.74, 6) is -0.313. The molecule has 1 fully saturated rings. The zero-order valence-corrected chi connectivity index (χ0v) is 15.3. The van der Waals surface area contributed by atoms with Gasteiger partial charge in [-0.2, -0.15) is 0 Å². The van der Waals surface area contributed by atoms with Crippen molar-refractivity contribution in [3.63, 3.8) is 0 Å². The summed E-state index contributed by atoms with van der Waals surface area (Å²) in [5, 5.41) is 14.6. The Hall–Kier alpha value is -2.52. The van der Waals surface area contributed by atoms with Crippen molar-refractivity contribution in [3.05, 3.63) is 40.9 Å². The van der Waals surface area contributed by atoms with E-state index in [1.54, 1.807) is 4.90 Å². The zero-order valence-electron chi connectivity index (χ0n) is 14.5. The summed E-state index contributed by atoms with van der Waals surface area (Å²) >= 11 is 1.29. The molecule has 0 radical (unpaired) electrons. The molecule has 138 valence electrons. The van der Waals surface area contributed by atoms with Crippen LogP contribution in [0.1, 0.15) is 10.6 Å². The molecule has 1 atom stereocenters. The van der Waals surface area contributed by atoms with Crippen LogP contribution in [0.4, 0.5) is 9.93 Å². The summed E-state index contributed by atoms with van der Waals surface area (Å²) in [5.41, 5.74) is 0.961. The van der Waals surface area contributed by atoms with Crippen LogP contribution < -0.4 is 10.6 Å². The molecule has 26 heavy (non-hydrogen) atoms. The second kappa shape index (κ2) is 8.72. The molecule has 0 aliphatic carbocycles. The van der Waals surface area contributed by atoms with E-state index in [-0.39, 0.29) is 11.9 Å². The van der Waals surface area contributed by atoms with E-state index in [0.29, 0.717) is 37.9 Å². The molecule has 0 spiro atoms. The third kappa shape index (κ3) is 4.99. The third-order valence-corrected chi connectivity index (χ3v) is 4.71. The monoisotopic (exact) mass is 375 g/mol. The van der Waals surface area contributed by atoms with E-state index in [2.05, 4.69) is 20.8 Å². The number of carbonyl (C=O) groups is 2. The van der Waals surface area contributed by atoms with Crippen LogP contribution in [0.2, 0.25) is 0 Å². The van der Waals surface area contributed by atoms with E-state index in [4.69, 9.17) is 4.74 Å². The van der Waals surface area contributed by atoms with Crippen LogP contribution >= 0.6 is 11.3 Å². The predicted octanol–water partition coefficient (Wildman–Crippen LogP) is 1.44. The maximum absolute atomic E-state index is 12.7. The first-order chi connectivity index (χ1) is 12.6. The van der Waals surface area contributed by atoms with Crippen molar-refractivity contribution in [3.8, 4) is 0 Å². The summed E-state index contributed by atoms with van der Waals surface area (Å²) in [4.78, 5) is 26.9. The maximum atomic E-state index is 12.7. The van der Waals surface area contributed by atoms with Crippen molar-refractivity contribution in [2.75, 3.05) is 31.6 Å². The van der Waals surface area contributed by atoms with Crippen LogP contribution in [0.25, 0.3) is 0 Å². The number of aromatic nitrogens is 2. The molecule has 2 heterocycles. The fourth-order valence-corrected chi connectivity index (χ4v) is 3.20. The Balaban J connectivity index is 1.69. The highest BCUT2D eigenvalue weighted by molar-refractivity contribution is 7.15. The lowest BCUT2D eigenvalue weighted by molar-refractivity contribution is -0.118. The highest BCUT2D eigenvalue weighted by atomic mass is 32.1. The number of aryl methyl sites for hydroxylation is 1. The number of nitrogens with one attached hydrogen (secondary N) is 2. The SMILES string of the molecule is Cc1nnc(NC(=O)[C@@H](Cc2ccccc2)NC(=O)N2CCOCC2)s1. The number of morpholine rings is 1. The lowest BCUT2D eigenvalue weighted by Gasteiger charge is -2.29. The van der Waals surface area contributed by atoms with Gasteiger partial charge in [0.05, 0.1) is 13.2 Å². The van der Waals surface area contributed by atoms with Crippen LogP contribution in [-0.4, -0.2) is 59.4 Å². The van der Waals surface area contributed by atoms with Crippen molar-refractivity contribution in [2.24, 2.45) is 0 Å². The fourth-order valence-electron chi connectivity index (χ4n) is 2.61. The van der Waals surface area contributed by atoms with Crippen molar-refractivity contribution in [2.45, 2.75) is 19.4 Å². The number of hydrogen-bond donors (Lipinski definition) is 2. The fraction of sp³-hybridized carbons (Fsp3) is 0.412. The molecule has 0 saturated carbocycles. The molecule has 1 aliphatic rings. The summed E-state index contributed by atoms with van der Waals surface area (Å²) in [6, 6.07) is 8.60. The van der Waals surface area contributed by atoms with E-state index in [1.165, 1.54) is 11.3 Å². The van der Waals surface area contributed by atoms with Gasteiger partial charge in [0.25, 0.3) is 0 Å². The first-order valence-electron chi connectivity index (χ1n) is 8.40. The normalized spacial score (nSPS) is 15.3. The molecule has 8 nitrogen and oxygen atoms in total. The van der Waals surface area contributed by atoms with Gasteiger partial charge in [-0.25, -0.2) is 4.79 Å². The van der Waals surface area contributed by atoms with Gasteiger partial charge < -0.3 is 15.0 Å². The Bertz CT molecular complexity index is 746. The molecule has 1 aromatic heterocycles. The van der Waals surface area contributed by atoms with Crippen LogP contribution in [0.5, 0.6) is 0 Å². The smallest absolute Gasteiger partial charge is 0.318 e. The predicted molar refractivity (Wildman–Crippen MR) is 98.1 cm³/mol. The molecule has 2 aromatic rings. The summed E-state index contributed by atoms with van der Waals surface area (Å²) in [7, 11) is 0. The van der Waals surface area contributed by atoms with Crippen LogP contribution in [0.3, 0.4) is 0 Å². The number of nitrogens with zero attached hydrogens (tertiary/aromatic N) is 3. The molecule has 2 N–H and O–H groups in total. The van der Waals surface area contributed by atoms with Gasteiger partial charge in [-0.1, -0.05) is 41.7 Å². The second-order valence-corrected chi connectivity index (χ2v) is 7.09. The zero-order chi connectivity index (χ0) is 18.4. The Kier molecular flexibility index (Phi) is 6.13. The van der Waals surface area contributed by atoms with Crippen LogP contribution in [0.15, 0.2) is 30.3 Å². The molecule has 0 unspecified atom stereocenters. The topological polar surface area (TPSA) is 96.4 Å². The maximum Gasteiger partial charge on any atom is 0.318 e. The Morgan fingerprint density at radius 3 is 2.62 bits per heavy atom. The number of benzene rings is 1. The lowest BCUT2D eigenvalue weighted by atomic mass is 10.1. The number of amides is 3. The van der Waals surface area contributed by atoms with Gasteiger partial charge >= 0.3 is 6.03 Å². The molecule has 9 heteroatoms. The van der Waals surface area contributed by atoms with Crippen molar-refractivity contribution in [1.29, 1.82) is 0 Å². The van der Waals surface area contributed by atoms with Gasteiger partial charge in [0, 0.05) is 19.5 Å². The Morgan fingerprint density at radius 2 is 1.96 bits per heavy atom. The van der Waals surface area contributed by atoms with E-state index in [9.17, 15) is 9.59 Å². The number of ether oxygens (including phenoxy) is 1. The summed E-state index contributed by atoms with van der Waals surface area (Å²) in [6.45, 7) is 3.86. The molecular formula is C17H21N5O3S. The minimum atomic E-state index is -0.711. The third-order valence-electron chi connectivity index (χ3n) is 3.95. The Labute approximate surface area is 155 Å². The van der Waals surface area contributed by atoms with Crippen molar-refractivity contribution >= 4 is 28.4 Å². The van der Waals surface area contributed by atoms with Crippen molar-refractivity contribution in [1.82, 2.24) is 20.4 Å². The van der Waals surface area contributed by atoms with Gasteiger partial charge in [-0.15, -0.1) is 10.2 Å². The number of carbonyl (C=O) groups excluding carboxylic acids is 2. The van der Waals surface area contributed by atoms with Gasteiger partial charge in [-0.05, 0) is 12.5 Å². The van der Waals surface area contributed by atoms with Gasteiger partial charge in [0.15, 0.2) is 0 Å². The molecular weight excluding hydrogens is 354 g/mol. The molecule has 0 bridgehead atoms. The number of rotatable bonds is 5. The minimum absolute atomic E-state index is 0.266. The van der Waals surface area contributed by atoms with Gasteiger partial charge in [0.1, 0.15) is 11.0 Å². The number of urea groups is 1. The van der Waals surface area contributed by atoms with Gasteiger partial charge in [-0.3, -0.25) is 10.1 Å². The standard InChI is InChI=1S/C17H21N5O3S/c1-12-20-21-16(26-12)19-15(23)14(11-13-5-3-2-4-6-13)18-17(24)22-7-9-25-10-8-22/h2-6,14H,7-11H2,1H3,(H,18,24)(H,19,21,23)/t14-/m1/s1. The first kappa shape index (κ1) is 18.3. The lowest BCUT2D eigenvalue weighted by Crippen LogP contribution is -2.53. The second-order valence-electron chi connectivity index (χ2n) is 5.91. The van der Waals surface area contributed by atoms with E-state index in [0.717, 1.165) is 10.6 Å². The highest BCUT2D eigenvalue weighted by Crippen LogP contribution is 2.15. The molecule has 1 saturated heterocycles. The Morgan fingerprint density at radius 1 is 1.23 bits per heavy atom. The number of anilines is 1. The molecule has 3 rings (SSSR count). The van der Waals surface area contributed by atoms with E-state index < -0.39 is 6.04 Å². The summed E-state index contributed by atoms with van der Waals surface area (Å²) < 4.78 is 5.26. The minimum Gasteiger partial charge on any atom is -0.378 e. The van der Waals surface area contributed by atoms with Crippen LogP contribution in [-0.2, 0) is 16.0 Å².